The zero-order valence-electron chi connectivity index (χ0n) is 24.8. The summed E-state index contributed by atoms with van der Waals surface area (Å²) in [6.07, 6.45) is 6.38. The lowest BCUT2D eigenvalue weighted by Crippen LogP contribution is -2.60. The molecule has 232 valence electrons. The third kappa shape index (κ3) is 5.86. The van der Waals surface area contributed by atoms with Crippen LogP contribution in [0, 0.1) is 29.0 Å². The molecule has 4 bridgehead atoms. The largest absolute Gasteiger partial charge is 0.480 e. The first-order chi connectivity index (χ1) is 21.0. The van der Waals surface area contributed by atoms with Gasteiger partial charge in [0.25, 0.3) is 0 Å². The summed E-state index contributed by atoms with van der Waals surface area (Å²) in [5.74, 6) is -2.15. The Balaban J connectivity index is 1.47. The van der Waals surface area contributed by atoms with Crippen LogP contribution in [0.2, 0.25) is 0 Å². The fraction of sp³-hybridized carbons (Fsp3) is 0.500. The molecule has 0 spiro atoms. The summed E-state index contributed by atoms with van der Waals surface area (Å²) in [7, 11) is 0. The van der Waals surface area contributed by atoms with Gasteiger partial charge in [0.15, 0.2) is 5.78 Å². The van der Waals surface area contributed by atoms with E-state index in [0.29, 0.717) is 35.4 Å². The summed E-state index contributed by atoms with van der Waals surface area (Å²) in [5.41, 5.74) is 1.04. The molecule has 0 radical (unpaired) electrons. The predicted molar refractivity (Wildman–Crippen MR) is 159 cm³/mol. The number of carboxylic acids is 1. The number of hydrogen-bond acceptors (Lipinski definition) is 5. The average Bonchev–Trinajstić information content (AvgIpc) is 3.00. The summed E-state index contributed by atoms with van der Waals surface area (Å²) >= 11 is 0. The van der Waals surface area contributed by atoms with E-state index < -0.39 is 60.3 Å². The molecule has 10 heteroatoms. The van der Waals surface area contributed by atoms with Gasteiger partial charge >= 0.3 is 5.97 Å². The summed E-state index contributed by atoms with van der Waals surface area (Å²) < 4.78 is 13.8. The zero-order chi connectivity index (χ0) is 31.2. The number of carbonyl (C=O) groups is 5. The Morgan fingerprint density at radius 1 is 0.955 bits per heavy atom. The van der Waals surface area contributed by atoms with E-state index >= 15 is 0 Å². The third-order valence-electron chi connectivity index (χ3n) is 10.2. The van der Waals surface area contributed by atoms with Crippen LogP contribution in [-0.2, 0) is 25.7 Å². The molecule has 2 aromatic carbocycles. The number of carboxylic acid groups (broad SMARTS) is 1. The van der Waals surface area contributed by atoms with E-state index in [1.807, 2.05) is 0 Å². The molecule has 2 atom stereocenters. The molecular weight excluding hydrogens is 565 g/mol. The lowest BCUT2D eigenvalue weighted by atomic mass is 9.48. The van der Waals surface area contributed by atoms with Crippen LogP contribution in [-0.4, -0.2) is 58.1 Å². The van der Waals surface area contributed by atoms with Gasteiger partial charge in [-0.2, -0.15) is 0 Å². The van der Waals surface area contributed by atoms with E-state index in [4.69, 9.17) is 0 Å². The van der Waals surface area contributed by atoms with Gasteiger partial charge in [-0.05, 0) is 97.9 Å². The van der Waals surface area contributed by atoms with Crippen molar-refractivity contribution in [2.24, 2.45) is 23.2 Å². The maximum absolute atomic E-state index is 15.0. The van der Waals surface area contributed by atoms with Crippen molar-refractivity contribution in [1.82, 2.24) is 10.2 Å². The van der Waals surface area contributed by atoms with Crippen LogP contribution in [0.15, 0.2) is 48.5 Å². The van der Waals surface area contributed by atoms with E-state index in [1.54, 1.807) is 36.4 Å². The van der Waals surface area contributed by atoms with Crippen LogP contribution in [0.4, 0.5) is 10.1 Å². The highest BCUT2D eigenvalue weighted by molar-refractivity contribution is 6.10. The maximum atomic E-state index is 15.0. The highest BCUT2D eigenvalue weighted by Gasteiger charge is 2.54. The van der Waals surface area contributed by atoms with Gasteiger partial charge in [0.1, 0.15) is 24.4 Å². The molecule has 4 aliphatic carbocycles. The van der Waals surface area contributed by atoms with Crippen molar-refractivity contribution in [2.75, 3.05) is 11.4 Å². The van der Waals surface area contributed by atoms with Crippen LogP contribution in [0.5, 0.6) is 0 Å². The maximum Gasteiger partial charge on any atom is 0.322 e. The Morgan fingerprint density at radius 3 is 2.16 bits per heavy atom. The van der Waals surface area contributed by atoms with Crippen molar-refractivity contribution in [1.29, 1.82) is 0 Å². The number of fused-ring (bicyclic) bond motifs is 1. The zero-order valence-corrected chi connectivity index (χ0v) is 24.8. The molecule has 3 amide bonds. The Bertz CT molecular complexity index is 1450. The molecule has 2 aromatic rings. The number of nitrogens with one attached hydrogen (secondary N) is 1. The smallest absolute Gasteiger partial charge is 0.322 e. The number of halogens is 1. The SMILES string of the molecule is CC(=O)N1[C@H](CC23CC4CC(CC(C4)C2)C3)C(=O)N(Cc2ccc(F)cc2)c2ccccc2C(=O)C[C@H]1C(=O)NCC(=O)O. The van der Waals surface area contributed by atoms with Crippen molar-refractivity contribution in [2.45, 2.75) is 76.9 Å². The van der Waals surface area contributed by atoms with Gasteiger partial charge in [0.2, 0.25) is 17.7 Å². The highest BCUT2D eigenvalue weighted by atomic mass is 19.1. The standard InChI is InChI=1S/C34H38FN3O6/c1-20(39)38-28(32(43)36-18-31(41)42)13-30(40)26-4-2-3-5-27(26)37(19-21-6-8-25(35)9-7-21)33(44)29(38)17-34-14-22-10-23(15-34)12-24(11-22)16-34/h2-9,22-24,28-29H,10-19H2,1H3,(H,36,43)(H,41,42)/t22?,23?,24?,28-,29+,34?/m0/s1. The Hall–Kier alpha value is -4.08. The molecule has 4 saturated carbocycles. The Labute approximate surface area is 255 Å². The van der Waals surface area contributed by atoms with Crippen molar-refractivity contribution in [3.05, 3.63) is 65.5 Å². The molecule has 44 heavy (non-hydrogen) atoms. The molecular formula is C34H38FN3O6. The number of ketones is 1. The van der Waals surface area contributed by atoms with Gasteiger partial charge in [-0.15, -0.1) is 0 Å². The first-order valence-electron chi connectivity index (χ1n) is 15.5. The van der Waals surface area contributed by atoms with Crippen LogP contribution in [0.1, 0.15) is 74.2 Å². The number of Topliss-reactive ketones (excluding diaryl/α,β-unsaturated/α-hetero) is 1. The third-order valence-corrected chi connectivity index (χ3v) is 10.2. The van der Waals surface area contributed by atoms with E-state index in [0.717, 1.165) is 19.3 Å². The molecule has 1 heterocycles. The first kappa shape index (κ1) is 30.0. The summed E-state index contributed by atoms with van der Waals surface area (Å²) in [6, 6.07) is 10.0. The van der Waals surface area contributed by atoms with Gasteiger partial charge in [-0.25, -0.2) is 4.39 Å². The molecule has 0 aromatic heterocycles. The van der Waals surface area contributed by atoms with Gasteiger partial charge in [-0.1, -0.05) is 24.3 Å². The molecule has 4 fully saturated rings. The van der Waals surface area contributed by atoms with Gasteiger partial charge in [0, 0.05) is 18.9 Å². The fourth-order valence-electron chi connectivity index (χ4n) is 8.97. The van der Waals surface area contributed by atoms with E-state index in [-0.39, 0.29) is 17.5 Å². The van der Waals surface area contributed by atoms with E-state index in [9.17, 15) is 33.5 Å². The number of anilines is 1. The van der Waals surface area contributed by atoms with E-state index in [1.165, 1.54) is 48.1 Å². The molecule has 7 rings (SSSR count). The second-order valence-corrected chi connectivity index (χ2v) is 13.4. The number of benzene rings is 2. The lowest BCUT2D eigenvalue weighted by Gasteiger charge is -2.58. The Kier molecular flexibility index (Phi) is 8.02. The first-order valence-corrected chi connectivity index (χ1v) is 15.5. The minimum absolute atomic E-state index is 0.0302. The summed E-state index contributed by atoms with van der Waals surface area (Å²) in [5, 5.41) is 11.6. The second-order valence-electron chi connectivity index (χ2n) is 13.4. The molecule has 0 unspecified atom stereocenters. The average molecular weight is 604 g/mol. The molecule has 1 aliphatic heterocycles. The van der Waals surface area contributed by atoms with Crippen molar-refractivity contribution in [3.63, 3.8) is 0 Å². The minimum atomic E-state index is -1.37. The van der Waals surface area contributed by atoms with Gasteiger partial charge in [0.05, 0.1) is 12.2 Å². The van der Waals surface area contributed by atoms with Crippen LogP contribution in [0.25, 0.3) is 0 Å². The van der Waals surface area contributed by atoms with Gasteiger partial charge in [-0.3, -0.25) is 24.0 Å². The number of aliphatic carboxylic acids is 1. The van der Waals surface area contributed by atoms with Crippen LogP contribution in [0.3, 0.4) is 0 Å². The number of para-hydroxylation sites is 1. The fourth-order valence-corrected chi connectivity index (χ4v) is 8.97. The number of nitrogens with zero attached hydrogens (tertiary/aromatic N) is 2. The topological polar surface area (TPSA) is 124 Å². The molecule has 2 N–H and O–H groups in total. The molecule has 0 saturated heterocycles. The Morgan fingerprint density at radius 2 is 1.57 bits per heavy atom. The van der Waals surface area contributed by atoms with Crippen molar-refractivity contribution >= 4 is 35.2 Å². The van der Waals surface area contributed by atoms with Crippen LogP contribution >= 0.6 is 0 Å². The number of hydrogen-bond donors (Lipinski definition) is 2. The highest BCUT2D eigenvalue weighted by Crippen LogP contribution is 2.62. The predicted octanol–water partition coefficient (Wildman–Crippen LogP) is 4.34. The summed E-state index contributed by atoms with van der Waals surface area (Å²) in [4.78, 5) is 70.1. The van der Waals surface area contributed by atoms with E-state index in [2.05, 4.69) is 5.32 Å². The molecule has 5 aliphatic rings. The molecule has 9 nitrogen and oxygen atoms in total. The number of amides is 3. The number of carbonyl (C=O) groups excluding carboxylic acids is 4. The quantitative estimate of drug-likeness (QED) is 0.486. The van der Waals surface area contributed by atoms with Crippen molar-refractivity contribution < 1.29 is 33.5 Å². The lowest BCUT2D eigenvalue weighted by molar-refractivity contribution is -0.150. The van der Waals surface area contributed by atoms with Gasteiger partial charge < -0.3 is 20.2 Å². The minimum Gasteiger partial charge on any atom is -0.480 e. The number of rotatable bonds is 7. The van der Waals surface area contributed by atoms with Crippen molar-refractivity contribution in [3.8, 4) is 0 Å². The monoisotopic (exact) mass is 603 g/mol. The normalized spacial score (nSPS) is 29.5. The second kappa shape index (κ2) is 11.8. The van der Waals surface area contributed by atoms with Crippen LogP contribution < -0.4 is 10.2 Å². The summed E-state index contributed by atoms with van der Waals surface area (Å²) in [6.45, 7) is 0.635.